The molecule has 4 nitrogen and oxygen atoms in total. The van der Waals surface area contributed by atoms with Crippen LogP contribution in [0.5, 0.6) is 5.75 Å². The van der Waals surface area contributed by atoms with Gasteiger partial charge in [-0.1, -0.05) is 18.2 Å². The maximum absolute atomic E-state index is 6.05. The third kappa shape index (κ3) is 2.60. The van der Waals surface area contributed by atoms with Crippen molar-refractivity contribution in [3.8, 4) is 5.75 Å². The highest BCUT2D eigenvalue weighted by Gasteiger charge is 2.29. The van der Waals surface area contributed by atoms with Crippen molar-refractivity contribution in [2.75, 3.05) is 12.8 Å². The Balaban J connectivity index is 1.72. The summed E-state index contributed by atoms with van der Waals surface area (Å²) in [5.74, 6) is 1.57. The van der Waals surface area contributed by atoms with Crippen LogP contribution in [0.15, 0.2) is 42.6 Å². The second-order valence-electron chi connectivity index (χ2n) is 5.16. The number of benzene rings is 1. The molecule has 2 heterocycles. The molecule has 0 saturated carbocycles. The molecule has 1 aliphatic rings. The number of likely N-dealkylation sites (N-methyl/N-ethyl adjacent to an activating group) is 1. The van der Waals surface area contributed by atoms with Gasteiger partial charge in [-0.2, -0.15) is 0 Å². The van der Waals surface area contributed by atoms with Gasteiger partial charge in [0.05, 0.1) is 0 Å². The van der Waals surface area contributed by atoms with Crippen LogP contribution in [0.3, 0.4) is 0 Å². The maximum Gasteiger partial charge on any atom is 0.123 e. The van der Waals surface area contributed by atoms with Crippen LogP contribution in [0.1, 0.15) is 11.1 Å². The molecule has 4 heteroatoms. The fourth-order valence-electron chi connectivity index (χ4n) is 2.73. The van der Waals surface area contributed by atoms with Gasteiger partial charge in [-0.3, -0.25) is 0 Å². The van der Waals surface area contributed by atoms with Crippen LogP contribution < -0.4 is 15.8 Å². The van der Waals surface area contributed by atoms with E-state index < -0.39 is 0 Å². The Labute approximate surface area is 119 Å². The summed E-state index contributed by atoms with van der Waals surface area (Å²) in [6.07, 6.45) is 3.73. The Bertz CT molecular complexity index is 575. The van der Waals surface area contributed by atoms with Crippen molar-refractivity contribution < 1.29 is 4.74 Å². The van der Waals surface area contributed by atoms with Crippen LogP contribution in [0.25, 0.3) is 0 Å². The van der Waals surface area contributed by atoms with Gasteiger partial charge in [-0.05, 0) is 42.8 Å². The molecule has 0 saturated heterocycles. The van der Waals surface area contributed by atoms with Crippen LogP contribution in [0, 0.1) is 0 Å². The molecule has 1 aromatic heterocycles. The first-order valence-electron chi connectivity index (χ1n) is 6.88. The lowest BCUT2D eigenvalue weighted by atomic mass is 9.98. The Morgan fingerprint density at radius 2 is 2.25 bits per heavy atom. The summed E-state index contributed by atoms with van der Waals surface area (Å²) < 4.78 is 6.05. The molecular formula is C16H19N3O. The van der Waals surface area contributed by atoms with E-state index in [9.17, 15) is 0 Å². The van der Waals surface area contributed by atoms with Gasteiger partial charge in [0.15, 0.2) is 0 Å². The maximum atomic E-state index is 6.05. The quantitative estimate of drug-likeness (QED) is 0.888. The van der Waals surface area contributed by atoms with Gasteiger partial charge in [-0.25, -0.2) is 4.98 Å². The van der Waals surface area contributed by atoms with Gasteiger partial charge in [-0.15, -0.1) is 0 Å². The van der Waals surface area contributed by atoms with E-state index in [1.54, 1.807) is 6.20 Å². The van der Waals surface area contributed by atoms with Crippen LogP contribution >= 0.6 is 0 Å². The van der Waals surface area contributed by atoms with Crippen LogP contribution in [0.4, 0.5) is 5.82 Å². The summed E-state index contributed by atoms with van der Waals surface area (Å²) in [6, 6.07) is 12.4. The smallest absolute Gasteiger partial charge is 0.123 e. The largest absolute Gasteiger partial charge is 0.488 e. The molecule has 0 spiro atoms. The molecule has 1 aliphatic heterocycles. The first-order valence-corrected chi connectivity index (χ1v) is 6.88. The Morgan fingerprint density at radius 3 is 3.00 bits per heavy atom. The van der Waals surface area contributed by atoms with Gasteiger partial charge < -0.3 is 15.8 Å². The van der Waals surface area contributed by atoms with Crippen LogP contribution in [-0.2, 0) is 12.8 Å². The van der Waals surface area contributed by atoms with Crippen molar-refractivity contribution in [2.24, 2.45) is 0 Å². The number of para-hydroxylation sites is 1. The van der Waals surface area contributed by atoms with Crippen molar-refractivity contribution >= 4 is 5.82 Å². The van der Waals surface area contributed by atoms with Gasteiger partial charge >= 0.3 is 0 Å². The number of pyridine rings is 1. The molecule has 3 N–H and O–H groups in total. The number of hydrogen-bond acceptors (Lipinski definition) is 4. The fourth-order valence-corrected chi connectivity index (χ4v) is 2.73. The third-order valence-corrected chi connectivity index (χ3v) is 3.79. The monoisotopic (exact) mass is 269 g/mol. The number of rotatable bonds is 4. The lowest BCUT2D eigenvalue weighted by Crippen LogP contribution is -2.42. The highest BCUT2D eigenvalue weighted by atomic mass is 16.5. The van der Waals surface area contributed by atoms with Crippen LogP contribution in [0.2, 0.25) is 0 Å². The van der Waals surface area contributed by atoms with Crippen molar-refractivity contribution in [3.05, 3.63) is 53.7 Å². The summed E-state index contributed by atoms with van der Waals surface area (Å²) in [5, 5.41) is 3.36. The molecule has 104 valence electrons. The Kier molecular flexibility index (Phi) is 3.56. The lowest BCUT2D eigenvalue weighted by molar-refractivity contribution is 0.182. The summed E-state index contributed by atoms with van der Waals surface area (Å²) in [4.78, 5) is 4.03. The van der Waals surface area contributed by atoms with Gasteiger partial charge in [0.2, 0.25) is 0 Å². The van der Waals surface area contributed by atoms with Gasteiger partial charge in [0.25, 0.3) is 0 Å². The zero-order valence-electron chi connectivity index (χ0n) is 11.5. The number of fused-ring (bicyclic) bond motifs is 1. The number of anilines is 1. The second-order valence-corrected chi connectivity index (χ2v) is 5.16. The molecule has 0 bridgehead atoms. The van der Waals surface area contributed by atoms with Crippen molar-refractivity contribution in [2.45, 2.75) is 25.0 Å². The molecule has 1 aromatic carbocycles. The molecular weight excluding hydrogens is 250 g/mol. The highest BCUT2D eigenvalue weighted by Crippen LogP contribution is 2.30. The molecule has 3 rings (SSSR count). The number of aromatic nitrogens is 1. The summed E-state index contributed by atoms with van der Waals surface area (Å²) >= 11 is 0. The molecule has 2 atom stereocenters. The average Bonchev–Trinajstić information content (AvgIpc) is 2.88. The SMILES string of the molecule is CNC(Cc1ccnc(N)c1)C1Cc2ccccc2O1. The number of nitrogens with one attached hydrogen (secondary N) is 1. The predicted octanol–water partition coefficient (Wildman–Crippen LogP) is 1.80. The molecule has 0 radical (unpaired) electrons. The van der Waals surface area contributed by atoms with Gasteiger partial charge in [0, 0.05) is 18.7 Å². The fraction of sp³-hybridized carbons (Fsp3) is 0.312. The third-order valence-electron chi connectivity index (χ3n) is 3.79. The number of hydrogen-bond donors (Lipinski definition) is 2. The van der Waals surface area contributed by atoms with Crippen molar-refractivity contribution in [3.63, 3.8) is 0 Å². The molecule has 2 unspecified atom stereocenters. The van der Waals surface area contributed by atoms with Crippen molar-refractivity contribution in [1.82, 2.24) is 10.3 Å². The average molecular weight is 269 g/mol. The summed E-state index contributed by atoms with van der Waals surface area (Å²) in [7, 11) is 1.97. The summed E-state index contributed by atoms with van der Waals surface area (Å²) in [5.41, 5.74) is 8.20. The standard InChI is InChI=1S/C16H19N3O/c1-18-13(8-11-6-7-19-16(17)9-11)15-10-12-4-2-3-5-14(12)20-15/h2-7,9,13,15,18H,8,10H2,1H3,(H2,17,19). The molecule has 0 aliphatic carbocycles. The minimum Gasteiger partial charge on any atom is -0.488 e. The molecule has 0 fully saturated rings. The Hall–Kier alpha value is -2.07. The minimum absolute atomic E-state index is 0.159. The lowest BCUT2D eigenvalue weighted by Gasteiger charge is -2.23. The normalized spacial score (nSPS) is 18.4. The zero-order chi connectivity index (χ0) is 13.9. The van der Waals surface area contributed by atoms with E-state index in [-0.39, 0.29) is 12.1 Å². The number of ether oxygens (including phenoxy) is 1. The highest BCUT2D eigenvalue weighted by molar-refractivity contribution is 5.38. The Morgan fingerprint density at radius 1 is 1.40 bits per heavy atom. The first-order chi connectivity index (χ1) is 9.76. The van der Waals surface area contributed by atoms with Crippen molar-refractivity contribution in [1.29, 1.82) is 0 Å². The topological polar surface area (TPSA) is 60.2 Å². The van der Waals surface area contributed by atoms with E-state index in [2.05, 4.69) is 22.4 Å². The predicted molar refractivity (Wildman–Crippen MR) is 79.8 cm³/mol. The second kappa shape index (κ2) is 5.51. The molecule has 0 amide bonds. The van der Waals surface area contributed by atoms with E-state index in [1.165, 1.54) is 11.1 Å². The zero-order valence-corrected chi connectivity index (χ0v) is 11.5. The van der Waals surface area contributed by atoms with Crippen LogP contribution in [-0.4, -0.2) is 24.2 Å². The van der Waals surface area contributed by atoms with E-state index in [1.807, 2.05) is 31.3 Å². The first kappa shape index (κ1) is 12.9. The van der Waals surface area contributed by atoms with E-state index >= 15 is 0 Å². The summed E-state index contributed by atoms with van der Waals surface area (Å²) in [6.45, 7) is 0. The number of nitrogens with two attached hydrogens (primary N) is 1. The van der Waals surface area contributed by atoms with Gasteiger partial charge in [0.1, 0.15) is 17.7 Å². The van der Waals surface area contributed by atoms with E-state index in [0.717, 1.165) is 18.6 Å². The minimum atomic E-state index is 0.159. The van der Waals surface area contributed by atoms with E-state index in [4.69, 9.17) is 10.5 Å². The molecule has 20 heavy (non-hydrogen) atoms. The molecule has 2 aromatic rings. The number of nitrogens with zero attached hydrogens (tertiary/aromatic N) is 1. The van der Waals surface area contributed by atoms with E-state index in [0.29, 0.717) is 5.82 Å². The number of nitrogen functional groups attached to an aromatic ring is 1.